The number of imide groups is 1. The van der Waals surface area contributed by atoms with Gasteiger partial charge >= 0.3 is 18.2 Å². The highest BCUT2D eigenvalue weighted by Crippen LogP contribution is 2.33. The van der Waals surface area contributed by atoms with Gasteiger partial charge in [-0.1, -0.05) is 60.7 Å². The van der Waals surface area contributed by atoms with Gasteiger partial charge < -0.3 is 19.5 Å². The van der Waals surface area contributed by atoms with E-state index in [1.54, 1.807) is 31.2 Å². The number of benzene rings is 2. The minimum Gasteiger partial charge on any atom is -0.469 e. The lowest BCUT2D eigenvalue weighted by Crippen LogP contribution is -2.46. The molecule has 9 heteroatoms. The number of hydrogen-bond acceptors (Lipinski definition) is 7. The van der Waals surface area contributed by atoms with Crippen molar-refractivity contribution >= 4 is 24.1 Å². The molecular weight excluding hydrogens is 428 g/mol. The van der Waals surface area contributed by atoms with Gasteiger partial charge in [-0.2, -0.15) is 0 Å². The van der Waals surface area contributed by atoms with Gasteiger partial charge in [-0.25, -0.2) is 14.5 Å². The van der Waals surface area contributed by atoms with Crippen LogP contribution >= 0.6 is 0 Å². The molecule has 1 fully saturated rings. The Labute approximate surface area is 191 Å². The van der Waals surface area contributed by atoms with Crippen LogP contribution in [-0.4, -0.2) is 48.7 Å². The van der Waals surface area contributed by atoms with Crippen molar-refractivity contribution < 1.29 is 33.4 Å². The number of amides is 3. The van der Waals surface area contributed by atoms with Gasteiger partial charge in [0.15, 0.2) is 0 Å². The van der Waals surface area contributed by atoms with Crippen LogP contribution < -0.4 is 5.32 Å². The summed E-state index contributed by atoms with van der Waals surface area (Å²) in [5, 5.41) is 2.49. The summed E-state index contributed by atoms with van der Waals surface area (Å²) >= 11 is 0. The summed E-state index contributed by atoms with van der Waals surface area (Å²) in [4.78, 5) is 50.7. The summed E-state index contributed by atoms with van der Waals surface area (Å²) in [6.45, 7) is 1.53. The van der Waals surface area contributed by atoms with Gasteiger partial charge in [-0.15, -0.1) is 0 Å². The number of ether oxygens (including phenoxy) is 3. The zero-order valence-electron chi connectivity index (χ0n) is 18.4. The van der Waals surface area contributed by atoms with Gasteiger partial charge in [0.1, 0.15) is 12.7 Å². The first-order valence-corrected chi connectivity index (χ1v) is 10.5. The van der Waals surface area contributed by atoms with Crippen molar-refractivity contribution in [3.63, 3.8) is 0 Å². The molecule has 0 unspecified atom stereocenters. The highest BCUT2D eigenvalue weighted by Gasteiger charge is 2.45. The molecule has 0 radical (unpaired) electrons. The molecule has 0 aromatic heterocycles. The Morgan fingerprint density at radius 1 is 1.06 bits per heavy atom. The highest BCUT2D eigenvalue weighted by molar-refractivity contribution is 5.96. The van der Waals surface area contributed by atoms with Crippen LogP contribution in [0.15, 0.2) is 60.7 Å². The lowest BCUT2D eigenvalue weighted by Gasteiger charge is -2.24. The van der Waals surface area contributed by atoms with E-state index in [1.165, 1.54) is 7.11 Å². The first-order chi connectivity index (χ1) is 15.9. The number of esters is 1. The van der Waals surface area contributed by atoms with Crippen molar-refractivity contribution in [2.45, 2.75) is 32.1 Å². The van der Waals surface area contributed by atoms with Crippen LogP contribution in [0, 0.1) is 5.92 Å². The minimum atomic E-state index is -1.04. The first-order valence-electron chi connectivity index (χ1n) is 10.5. The number of rotatable bonds is 8. The summed E-state index contributed by atoms with van der Waals surface area (Å²) in [5.41, 5.74) is 1.55. The third-order valence-electron chi connectivity index (χ3n) is 5.33. The van der Waals surface area contributed by atoms with Gasteiger partial charge in [0.2, 0.25) is 5.91 Å². The second-order valence-corrected chi connectivity index (χ2v) is 7.58. The molecule has 0 spiro atoms. The second-order valence-electron chi connectivity index (χ2n) is 7.58. The van der Waals surface area contributed by atoms with Crippen LogP contribution in [0.1, 0.15) is 30.6 Å². The second kappa shape index (κ2) is 11.1. The predicted molar refractivity (Wildman–Crippen MR) is 117 cm³/mol. The SMILES string of the molecule is COC(=O)C[C@@H](CNC(=O)OCc1ccccc1)C(=O)N1C(=O)O[C@H](c2ccccc2)[C@@H]1C. The van der Waals surface area contributed by atoms with Gasteiger partial charge in [0, 0.05) is 6.54 Å². The molecule has 1 N–H and O–H groups in total. The molecule has 33 heavy (non-hydrogen) atoms. The molecule has 174 valence electrons. The number of hydrogen-bond donors (Lipinski definition) is 1. The summed E-state index contributed by atoms with van der Waals surface area (Å²) in [6.07, 6.45) is -2.50. The molecule has 3 amide bonds. The summed E-state index contributed by atoms with van der Waals surface area (Å²) in [6, 6.07) is 17.6. The summed E-state index contributed by atoms with van der Waals surface area (Å²) in [7, 11) is 1.20. The topological polar surface area (TPSA) is 111 Å². The minimum absolute atomic E-state index is 0.0521. The molecule has 1 saturated heterocycles. The summed E-state index contributed by atoms with van der Waals surface area (Å²) in [5.74, 6) is -2.32. The van der Waals surface area contributed by atoms with E-state index in [-0.39, 0.29) is 19.6 Å². The van der Waals surface area contributed by atoms with Crippen molar-refractivity contribution in [3.8, 4) is 0 Å². The summed E-state index contributed by atoms with van der Waals surface area (Å²) < 4.78 is 15.3. The first kappa shape index (κ1) is 23.8. The zero-order valence-corrected chi connectivity index (χ0v) is 18.4. The molecule has 2 aromatic rings. The number of cyclic esters (lactones) is 1. The van der Waals surface area contributed by atoms with Crippen LogP contribution in [0.2, 0.25) is 0 Å². The van der Waals surface area contributed by atoms with Gasteiger partial charge in [0.25, 0.3) is 0 Å². The molecule has 2 aromatic carbocycles. The lowest BCUT2D eigenvalue weighted by molar-refractivity contribution is -0.146. The number of carbonyl (C=O) groups is 4. The van der Waals surface area contributed by atoms with Crippen molar-refractivity contribution in [1.82, 2.24) is 10.2 Å². The average molecular weight is 454 g/mol. The Kier molecular flexibility index (Phi) is 8.01. The Morgan fingerprint density at radius 3 is 2.33 bits per heavy atom. The standard InChI is InChI=1S/C24H26N2O7/c1-16-21(18-11-7-4-8-12-18)33-24(30)26(16)22(28)19(13-20(27)31-2)14-25-23(29)32-15-17-9-5-3-6-10-17/h3-12,16,19,21H,13-15H2,1-2H3,(H,25,29)/t16-,19-,21-/m0/s1. The number of nitrogens with one attached hydrogen (secondary N) is 1. The molecule has 9 nitrogen and oxygen atoms in total. The van der Waals surface area contributed by atoms with Gasteiger partial charge in [0.05, 0.1) is 25.5 Å². The molecule has 1 aliphatic heterocycles. The van der Waals surface area contributed by atoms with Crippen molar-refractivity contribution in [1.29, 1.82) is 0 Å². The smallest absolute Gasteiger partial charge is 0.417 e. The molecule has 1 aliphatic rings. The van der Waals surface area contributed by atoms with Gasteiger partial charge in [-0.3, -0.25) is 9.59 Å². The number of methoxy groups -OCH3 is 1. The Balaban J connectivity index is 1.65. The van der Waals surface area contributed by atoms with E-state index >= 15 is 0 Å². The molecule has 0 saturated carbocycles. The molecule has 0 bridgehead atoms. The quantitative estimate of drug-likeness (QED) is 0.482. The van der Waals surface area contributed by atoms with E-state index < -0.39 is 42.1 Å². The molecule has 1 heterocycles. The van der Waals surface area contributed by atoms with E-state index in [2.05, 4.69) is 10.1 Å². The Bertz CT molecular complexity index is 981. The van der Waals surface area contributed by atoms with E-state index in [1.807, 2.05) is 36.4 Å². The fraction of sp³-hybridized carbons (Fsp3) is 0.333. The number of alkyl carbamates (subject to hydrolysis) is 1. The fourth-order valence-electron chi connectivity index (χ4n) is 3.55. The predicted octanol–water partition coefficient (Wildman–Crippen LogP) is 3.20. The van der Waals surface area contributed by atoms with Crippen molar-refractivity contribution in [3.05, 3.63) is 71.8 Å². The van der Waals surface area contributed by atoms with Gasteiger partial charge in [-0.05, 0) is 18.1 Å². The van der Waals surface area contributed by atoms with E-state index in [0.29, 0.717) is 0 Å². The maximum atomic E-state index is 13.2. The molecule has 3 rings (SSSR count). The average Bonchev–Trinajstić information content (AvgIpc) is 3.14. The largest absolute Gasteiger partial charge is 0.469 e. The lowest BCUT2D eigenvalue weighted by atomic mass is 10.00. The Hall–Kier alpha value is -3.88. The van der Waals surface area contributed by atoms with E-state index in [4.69, 9.17) is 9.47 Å². The number of carbonyl (C=O) groups excluding carboxylic acids is 4. The maximum Gasteiger partial charge on any atom is 0.417 e. The molecular formula is C24H26N2O7. The fourth-order valence-corrected chi connectivity index (χ4v) is 3.55. The monoisotopic (exact) mass is 454 g/mol. The maximum absolute atomic E-state index is 13.2. The van der Waals surface area contributed by atoms with Crippen LogP contribution in [0.25, 0.3) is 0 Å². The van der Waals surface area contributed by atoms with Crippen molar-refractivity contribution in [2.24, 2.45) is 5.92 Å². The third-order valence-corrected chi connectivity index (χ3v) is 5.33. The van der Waals surface area contributed by atoms with Crippen molar-refractivity contribution in [2.75, 3.05) is 13.7 Å². The zero-order chi connectivity index (χ0) is 23.8. The van der Waals surface area contributed by atoms with E-state index in [0.717, 1.165) is 16.0 Å². The Morgan fingerprint density at radius 2 is 1.70 bits per heavy atom. The van der Waals surface area contributed by atoms with Crippen LogP contribution in [0.4, 0.5) is 9.59 Å². The van der Waals surface area contributed by atoms with Crippen LogP contribution in [-0.2, 0) is 30.4 Å². The number of nitrogens with zero attached hydrogens (tertiary/aromatic N) is 1. The molecule has 0 aliphatic carbocycles. The van der Waals surface area contributed by atoms with Crippen LogP contribution in [0.5, 0.6) is 0 Å². The normalized spacial score (nSPS) is 18.2. The molecule has 3 atom stereocenters. The van der Waals surface area contributed by atoms with E-state index in [9.17, 15) is 19.2 Å². The van der Waals surface area contributed by atoms with Crippen LogP contribution in [0.3, 0.4) is 0 Å². The third kappa shape index (κ3) is 6.09. The highest BCUT2D eigenvalue weighted by atomic mass is 16.6.